The van der Waals surface area contributed by atoms with Crippen molar-refractivity contribution in [2.75, 3.05) is 19.7 Å². The lowest BCUT2D eigenvalue weighted by Gasteiger charge is -2.27. The molecular formula is C14H18N4O3S. The number of aryl methyl sites for hydroxylation is 1. The Hall–Kier alpha value is -1.90. The Morgan fingerprint density at radius 1 is 1.45 bits per heavy atom. The molecule has 0 bridgehead atoms. The number of aliphatic hydroxyl groups is 1. The normalized spacial score (nSPS) is 13.3. The number of likely N-dealkylation sites (N-methyl/N-ethyl adjacent to an activating group) is 1. The van der Waals surface area contributed by atoms with Gasteiger partial charge in [0.1, 0.15) is 23.9 Å². The van der Waals surface area contributed by atoms with E-state index in [0.717, 1.165) is 11.5 Å². The molecule has 0 aliphatic rings. The minimum Gasteiger partial charge on any atom is -0.492 e. The number of fused-ring (bicyclic) bond motifs is 1. The molecule has 0 saturated heterocycles. The number of thiazole rings is 1. The van der Waals surface area contributed by atoms with Gasteiger partial charge in [-0.05, 0) is 25.6 Å². The Morgan fingerprint density at radius 2 is 2.27 bits per heavy atom. The number of hydrogen-bond acceptors (Lipinski definition) is 7. The molecule has 0 amide bonds. The third kappa shape index (κ3) is 2.49. The lowest BCUT2D eigenvalue weighted by Crippen LogP contribution is -2.31. The highest BCUT2D eigenvalue weighted by Crippen LogP contribution is 2.39. The molecule has 3 heterocycles. The Bertz CT molecular complexity index is 763. The number of hydrogen-bond donors (Lipinski definition) is 2. The van der Waals surface area contributed by atoms with Crippen LogP contribution < -0.4 is 0 Å². The topological polar surface area (TPSA) is 87.0 Å². The molecule has 1 atom stereocenters. The van der Waals surface area contributed by atoms with Crippen molar-refractivity contribution < 1.29 is 14.6 Å². The molecule has 0 aliphatic heterocycles. The van der Waals surface area contributed by atoms with Gasteiger partial charge in [-0.2, -0.15) is 9.61 Å². The average molecular weight is 322 g/mol. The summed E-state index contributed by atoms with van der Waals surface area (Å²) in [5.41, 5.74) is 0. The summed E-state index contributed by atoms with van der Waals surface area (Å²) in [6.45, 7) is 5.11. The summed E-state index contributed by atoms with van der Waals surface area (Å²) >= 11 is 1.37. The summed E-state index contributed by atoms with van der Waals surface area (Å²) in [6.07, 6.45) is 1.41. The van der Waals surface area contributed by atoms with E-state index in [1.807, 2.05) is 30.9 Å². The SMILES string of the molecule is CCN(CCO)C(c1ccc(C)o1)c1sc2ncnn2c1O. The molecule has 2 N–H and O–H groups in total. The van der Waals surface area contributed by atoms with E-state index in [-0.39, 0.29) is 18.5 Å². The van der Waals surface area contributed by atoms with Crippen LogP contribution in [0, 0.1) is 6.92 Å². The summed E-state index contributed by atoms with van der Waals surface area (Å²) in [5.74, 6) is 1.60. The van der Waals surface area contributed by atoms with Crippen molar-refractivity contribution in [2.24, 2.45) is 0 Å². The van der Waals surface area contributed by atoms with Crippen molar-refractivity contribution in [2.45, 2.75) is 19.9 Å². The Kier molecular flexibility index (Phi) is 4.14. The van der Waals surface area contributed by atoms with Gasteiger partial charge in [0.25, 0.3) is 0 Å². The zero-order chi connectivity index (χ0) is 15.7. The molecule has 3 rings (SSSR count). The highest BCUT2D eigenvalue weighted by Gasteiger charge is 2.30. The fourth-order valence-electron chi connectivity index (χ4n) is 2.55. The van der Waals surface area contributed by atoms with Crippen molar-refractivity contribution in [3.8, 4) is 5.88 Å². The van der Waals surface area contributed by atoms with Crippen LogP contribution in [0.5, 0.6) is 5.88 Å². The molecule has 0 spiro atoms. The van der Waals surface area contributed by atoms with Gasteiger partial charge in [-0.25, -0.2) is 4.98 Å². The Balaban J connectivity index is 2.11. The van der Waals surface area contributed by atoms with Crippen LogP contribution in [-0.4, -0.2) is 49.4 Å². The molecule has 8 heteroatoms. The first-order chi connectivity index (χ1) is 10.7. The third-order valence-electron chi connectivity index (χ3n) is 3.58. The average Bonchev–Trinajstić information content (AvgIpc) is 3.19. The van der Waals surface area contributed by atoms with Crippen LogP contribution in [0.15, 0.2) is 22.9 Å². The lowest BCUT2D eigenvalue weighted by atomic mass is 10.1. The van der Waals surface area contributed by atoms with Crippen molar-refractivity contribution in [3.63, 3.8) is 0 Å². The largest absolute Gasteiger partial charge is 0.492 e. The maximum atomic E-state index is 10.5. The van der Waals surface area contributed by atoms with Gasteiger partial charge in [0.15, 0.2) is 0 Å². The highest BCUT2D eigenvalue weighted by atomic mass is 32.1. The molecule has 3 aromatic rings. The Morgan fingerprint density at radius 3 is 2.86 bits per heavy atom. The summed E-state index contributed by atoms with van der Waals surface area (Å²) in [6, 6.07) is 3.51. The quantitative estimate of drug-likeness (QED) is 0.719. The molecule has 0 radical (unpaired) electrons. The molecule has 1 unspecified atom stereocenters. The predicted octanol–water partition coefficient (Wildman–Crippen LogP) is 1.80. The number of furan rings is 1. The summed E-state index contributed by atoms with van der Waals surface area (Å²) < 4.78 is 7.19. The van der Waals surface area contributed by atoms with Crippen molar-refractivity contribution >= 4 is 16.3 Å². The van der Waals surface area contributed by atoms with Gasteiger partial charge in [0, 0.05) is 6.54 Å². The number of aromatic nitrogens is 3. The molecule has 118 valence electrons. The van der Waals surface area contributed by atoms with E-state index < -0.39 is 0 Å². The minimum absolute atomic E-state index is 0.0333. The summed E-state index contributed by atoms with van der Waals surface area (Å²) in [4.78, 5) is 7.50. The molecule has 0 fully saturated rings. The van der Waals surface area contributed by atoms with Gasteiger partial charge >= 0.3 is 0 Å². The number of aromatic hydroxyl groups is 1. The molecule has 22 heavy (non-hydrogen) atoms. The molecule has 3 aromatic heterocycles. The lowest BCUT2D eigenvalue weighted by molar-refractivity contribution is 0.161. The number of rotatable bonds is 6. The highest BCUT2D eigenvalue weighted by molar-refractivity contribution is 7.17. The van der Waals surface area contributed by atoms with E-state index in [9.17, 15) is 10.2 Å². The van der Waals surface area contributed by atoms with Crippen LogP contribution in [0.3, 0.4) is 0 Å². The van der Waals surface area contributed by atoms with E-state index >= 15 is 0 Å². The van der Waals surface area contributed by atoms with Crippen LogP contribution >= 0.6 is 11.3 Å². The first kappa shape index (κ1) is 15.0. The van der Waals surface area contributed by atoms with Gasteiger partial charge in [0.2, 0.25) is 10.8 Å². The van der Waals surface area contributed by atoms with Crippen LogP contribution in [0.2, 0.25) is 0 Å². The maximum Gasteiger partial charge on any atom is 0.230 e. The molecule has 7 nitrogen and oxygen atoms in total. The number of aliphatic hydroxyl groups excluding tert-OH is 1. The first-order valence-electron chi connectivity index (χ1n) is 7.08. The maximum absolute atomic E-state index is 10.5. The van der Waals surface area contributed by atoms with Gasteiger partial charge in [-0.3, -0.25) is 4.90 Å². The van der Waals surface area contributed by atoms with Crippen LogP contribution in [0.25, 0.3) is 4.96 Å². The molecule has 0 aromatic carbocycles. The molecule has 0 saturated carbocycles. The van der Waals surface area contributed by atoms with E-state index in [0.29, 0.717) is 22.9 Å². The molecular weight excluding hydrogens is 304 g/mol. The predicted molar refractivity (Wildman–Crippen MR) is 82.1 cm³/mol. The zero-order valence-electron chi connectivity index (χ0n) is 12.4. The van der Waals surface area contributed by atoms with Gasteiger partial charge in [-0.1, -0.05) is 18.3 Å². The van der Waals surface area contributed by atoms with Crippen molar-refractivity contribution in [3.05, 3.63) is 34.9 Å². The first-order valence-corrected chi connectivity index (χ1v) is 7.90. The second kappa shape index (κ2) is 6.07. The van der Waals surface area contributed by atoms with E-state index in [1.54, 1.807) is 0 Å². The van der Waals surface area contributed by atoms with E-state index in [1.165, 1.54) is 22.2 Å². The second-order valence-electron chi connectivity index (χ2n) is 4.95. The van der Waals surface area contributed by atoms with E-state index in [2.05, 4.69) is 10.1 Å². The third-order valence-corrected chi connectivity index (χ3v) is 4.66. The standard InChI is InChI=1S/C14H18N4O3S/c1-3-17(6-7-19)11(10-5-4-9(2)21-10)12-13(20)18-14(22-12)15-8-16-18/h4-5,8,11,19-20H,3,6-7H2,1-2H3. The summed E-state index contributed by atoms with van der Waals surface area (Å²) in [7, 11) is 0. The fourth-order valence-corrected chi connectivity index (χ4v) is 3.62. The van der Waals surface area contributed by atoms with Gasteiger partial charge in [0.05, 0.1) is 11.5 Å². The Labute approximate surface area is 131 Å². The second-order valence-corrected chi connectivity index (χ2v) is 5.96. The fraction of sp³-hybridized carbons (Fsp3) is 0.429. The van der Waals surface area contributed by atoms with Crippen LogP contribution in [0.1, 0.15) is 29.4 Å². The van der Waals surface area contributed by atoms with Crippen LogP contribution in [0.4, 0.5) is 0 Å². The molecule has 0 aliphatic carbocycles. The zero-order valence-corrected chi connectivity index (χ0v) is 13.2. The number of nitrogens with zero attached hydrogens (tertiary/aromatic N) is 4. The van der Waals surface area contributed by atoms with Gasteiger partial charge in [-0.15, -0.1) is 0 Å². The monoisotopic (exact) mass is 322 g/mol. The van der Waals surface area contributed by atoms with Crippen molar-refractivity contribution in [1.29, 1.82) is 0 Å². The van der Waals surface area contributed by atoms with E-state index in [4.69, 9.17) is 4.42 Å². The van der Waals surface area contributed by atoms with Crippen molar-refractivity contribution in [1.82, 2.24) is 19.5 Å². The summed E-state index contributed by atoms with van der Waals surface area (Å²) in [5, 5.41) is 23.8. The smallest absolute Gasteiger partial charge is 0.230 e. The van der Waals surface area contributed by atoms with Crippen LogP contribution in [-0.2, 0) is 0 Å². The van der Waals surface area contributed by atoms with Gasteiger partial charge < -0.3 is 14.6 Å². The minimum atomic E-state index is -0.278.